The van der Waals surface area contributed by atoms with E-state index in [4.69, 9.17) is 5.73 Å². The largest absolute Gasteiger partial charge is 0.398 e. The van der Waals surface area contributed by atoms with Gasteiger partial charge in [-0.2, -0.15) is 0 Å². The molecule has 1 heterocycles. The summed E-state index contributed by atoms with van der Waals surface area (Å²) in [6.07, 6.45) is 1.79. The lowest BCUT2D eigenvalue weighted by molar-refractivity contribution is 1.09. The van der Waals surface area contributed by atoms with Gasteiger partial charge < -0.3 is 11.1 Å². The molecule has 2 aromatic rings. The molecule has 0 fully saturated rings. The molecule has 3 heteroatoms. The fraction of sp³-hybridized carbons (Fsp3) is 0.214. The molecule has 2 rings (SSSR count). The summed E-state index contributed by atoms with van der Waals surface area (Å²) in [6, 6.07) is 10.2. The molecule has 0 unspecified atom stereocenters. The van der Waals surface area contributed by atoms with Crippen molar-refractivity contribution in [1.29, 1.82) is 0 Å². The zero-order chi connectivity index (χ0) is 12.3. The number of hydrogen-bond acceptors (Lipinski definition) is 3. The molecule has 3 nitrogen and oxygen atoms in total. The van der Waals surface area contributed by atoms with Crippen LogP contribution in [0.15, 0.2) is 36.5 Å². The van der Waals surface area contributed by atoms with Gasteiger partial charge in [-0.1, -0.05) is 24.3 Å². The summed E-state index contributed by atoms with van der Waals surface area (Å²) < 4.78 is 0. The van der Waals surface area contributed by atoms with Gasteiger partial charge in [-0.3, -0.25) is 0 Å². The number of aromatic nitrogens is 1. The van der Waals surface area contributed by atoms with E-state index in [0.717, 1.165) is 23.6 Å². The van der Waals surface area contributed by atoms with Crippen molar-refractivity contribution in [3.8, 4) is 0 Å². The van der Waals surface area contributed by atoms with E-state index in [1.54, 1.807) is 6.20 Å². The lowest BCUT2D eigenvalue weighted by Crippen LogP contribution is -2.04. The minimum Gasteiger partial charge on any atom is -0.398 e. The third kappa shape index (κ3) is 2.75. The number of anilines is 2. The maximum atomic E-state index is 5.84. The maximum Gasteiger partial charge on any atom is 0.128 e. The molecule has 0 spiro atoms. The van der Waals surface area contributed by atoms with Crippen LogP contribution in [0, 0.1) is 13.8 Å². The highest BCUT2D eigenvalue weighted by Crippen LogP contribution is 2.15. The molecule has 17 heavy (non-hydrogen) atoms. The van der Waals surface area contributed by atoms with Gasteiger partial charge in [0, 0.05) is 24.5 Å². The smallest absolute Gasteiger partial charge is 0.128 e. The van der Waals surface area contributed by atoms with E-state index in [1.165, 1.54) is 11.1 Å². The van der Waals surface area contributed by atoms with E-state index in [1.807, 2.05) is 25.1 Å². The van der Waals surface area contributed by atoms with Crippen LogP contribution >= 0.6 is 0 Å². The molecule has 1 aromatic heterocycles. The highest BCUT2D eigenvalue weighted by atomic mass is 15.0. The number of aryl methyl sites for hydroxylation is 2. The van der Waals surface area contributed by atoms with Gasteiger partial charge in [-0.05, 0) is 30.5 Å². The van der Waals surface area contributed by atoms with Gasteiger partial charge in [0.05, 0.1) is 0 Å². The van der Waals surface area contributed by atoms with Crippen molar-refractivity contribution in [2.75, 3.05) is 11.1 Å². The molecular weight excluding hydrogens is 210 g/mol. The molecular formula is C14H17N3. The van der Waals surface area contributed by atoms with Crippen LogP contribution in [-0.4, -0.2) is 4.98 Å². The minimum absolute atomic E-state index is 0.766. The Morgan fingerprint density at radius 2 is 1.94 bits per heavy atom. The summed E-state index contributed by atoms with van der Waals surface area (Å²) in [5, 5.41) is 3.28. The third-order valence-electron chi connectivity index (χ3n) is 2.87. The van der Waals surface area contributed by atoms with Crippen LogP contribution in [0.3, 0.4) is 0 Å². The Morgan fingerprint density at radius 3 is 2.65 bits per heavy atom. The Balaban J connectivity index is 2.08. The van der Waals surface area contributed by atoms with Crippen molar-refractivity contribution in [2.24, 2.45) is 0 Å². The zero-order valence-electron chi connectivity index (χ0n) is 10.2. The molecule has 0 saturated heterocycles. The number of nitrogens with zero attached hydrogens (tertiary/aromatic N) is 1. The van der Waals surface area contributed by atoms with Crippen molar-refractivity contribution in [3.05, 3.63) is 53.2 Å². The first-order valence-electron chi connectivity index (χ1n) is 5.67. The molecule has 0 saturated carbocycles. The summed E-state index contributed by atoms with van der Waals surface area (Å²) in [6.45, 7) is 4.82. The zero-order valence-corrected chi connectivity index (χ0v) is 10.2. The molecule has 0 aliphatic carbocycles. The Morgan fingerprint density at radius 1 is 1.18 bits per heavy atom. The topological polar surface area (TPSA) is 50.9 Å². The standard InChI is InChI=1S/C14H17N3/c1-10-5-3-4-6-12(10)9-17-14-7-13(15)11(2)8-16-14/h3-8H,9H2,1-2H3,(H3,15,16,17). The molecule has 1 aromatic carbocycles. The number of benzene rings is 1. The SMILES string of the molecule is Cc1cnc(NCc2ccccc2C)cc1N. The summed E-state index contributed by atoms with van der Waals surface area (Å²) in [5.41, 5.74) is 10.2. The second-order valence-electron chi connectivity index (χ2n) is 4.21. The van der Waals surface area contributed by atoms with Crippen molar-refractivity contribution >= 4 is 11.5 Å². The van der Waals surface area contributed by atoms with Gasteiger partial charge in [0.25, 0.3) is 0 Å². The van der Waals surface area contributed by atoms with Crippen molar-refractivity contribution in [1.82, 2.24) is 4.98 Å². The summed E-state index contributed by atoms with van der Waals surface area (Å²) >= 11 is 0. The van der Waals surface area contributed by atoms with Crippen LogP contribution in [0.25, 0.3) is 0 Å². The highest BCUT2D eigenvalue weighted by Gasteiger charge is 2.00. The van der Waals surface area contributed by atoms with Gasteiger partial charge in [0.15, 0.2) is 0 Å². The van der Waals surface area contributed by atoms with Gasteiger partial charge in [0.2, 0.25) is 0 Å². The van der Waals surface area contributed by atoms with Crippen LogP contribution in [-0.2, 0) is 6.54 Å². The van der Waals surface area contributed by atoms with Crippen LogP contribution in [0.5, 0.6) is 0 Å². The van der Waals surface area contributed by atoms with Gasteiger partial charge >= 0.3 is 0 Å². The Bertz CT molecular complexity index is 521. The molecule has 0 atom stereocenters. The monoisotopic (exact) mass is 227 g/mol. The van der Waals surface area contributed by atoms with Crippen LogP contribution in [0.1, 0.15) is 16.7 Å². The van der Waals surface area contributed by atoms with Crippen LogP contribution in [0.2, 0.25) is 0 Å². The number of nitrogens with two attached hydrogens (primary N) is 1. The predicted molar refractivity (Wildman–Crippen MR) is 71.9 cm³/mol. The quantitative estimate of drug-likeness (QED) is 0.847. The van der Waals surface area contributed by atoms with Crippen molar-refractivity contribution in [2.45, 2.75) is 20.4 Å². The van der Waals surface area contributed by atoms with Crippen LogP contribution in [0.4, 0.5) is 11.5 Å². The van der Waals surface area contributed by atoms with E-state index < -0.39 is 0 Å². The summed E-state index contributed by atoms with van der Waals surface area (Å²) in [7, 11) is 0. The summed E-state index contributed by atoms with van der Waals surface area (Å²) in [5.74, 6) is 0.816. The van der Waals surface area contributed by atoms with Crippen molar-refractivity contribution in [3.63, 3.8) is 0 Å². The molecule has 88 valence electrons. The fourth-order valence-electron chi connectivity index (χ4n) is 1.63. The lowest BCUT2D eigenvalue weighted by Gasteiger charge is -2.09. The molecule has 0 aliphatic rings. The number of rotatable bonds is 3. The van der Waals surface area contributed by atoms with Gasteiger partial charge in [-0.25, -0.2) is 4.98 Å². The number of pyridine rings is 1. The first-order chi connectivity index (χ1) is 8.16. The Labute approximate surface area is 102 Å². The predicted octanol–water partition coefficient (Wildman–Crippen LogP) is 2.89. The second-order valence-corrected chi connectivity index (χ2v) is 4.21. The molecule has 0 aliphatic heterocycles. The number of hydrogen-bond donors (Lipinski definition) is 2. The molecule has 0 radical (unpaired) electrons. The third-order valence-corrected chi connectivity index (χ3v) is 2.87. The van der Waals surface area contributed by atoms with E-state index in [9.17, 15) is 0 Å². The van der Waals surface area contributed by atoms with E-state index in [2.05, 4.69) is 29.4 Å². The molecule has 0 amide bonds. The van der Waals surface area contributed by atoms with E-state index in [-0.39, 0.29) is 0 Å². The summed E-state index contributed by atoms with van der Waals surface area (Å²) in [4.78, 5) is 4.29. The minimum atomic E-state index is 0.766. The Kier molecular flexibility index (Phi) is 3.28. The lowest BCUT2D eigenvalue weighted by atomic mass is 10.1. The normalized spacial score (nSPS) is 10.2. The maximum absolute atomic E-state index is 5.84. The molecule has 3 N–H and O–H groups in total. The number of nitrogens with one attached hydrogen (secondary N) is 1. The highest BCUT2D eigenvalue weighted by molar-refractivity contribution is 5.53. The Hall–Kier alpha value is -2.03. The first-order valence-corrected chi connectivity index (χ1v) is 5.67. The van der Waals surface area contributed by atoms with E-state index in [0.29, 0.717) is 0 Å². The van der Waals surface area contributed by atoms with Crippen molar-refractivity contribution < 1.29 is 0 Å². The van der Waals surface area contributed by atoms with Crippen LogP contribution < -0.4 is 11.1 Å². The fourth-order valence-corrected chi connectivity index (χ4v) is 1.63. The van der Waals surface area contributed by atoms with E-state index >= 15 is 0 Å². The molecule has 0 bridgehead atoms. The van der Waals surface area contributed by atoms with Gasteiger partial charge in [-0.15, -0.1) is 0 Å². The average Bonchev–Trinajstić information content (AvgIpc) is 2.32. The number of nitrogen functional groups attached to an aromatic ring is 1. The second kappa shape index (κ2) is 4.87. The first kappa shape index (κ1) is 11.5. The average molecular weight is 227 g/mol. The van der Waals surface area contributed by atoms with Gasteiger partial charge in [0.1, 0.15) is 5.82 Å².